The van der Waals surface area contributed by atoms with Crippen LogP contribution in [0.15, 0.2) is 35.1 Å². The summed E-state index contributed by atoms with van der Waals surface area (Å²) in [6, 6.07) is 2.79. The fraction of sp³-hybridized carbons (Fsp3) is 0. The van der Waals surface area contributed by atoms with Crippen molar-refractivity contribution in [3.63, 3.8) is 0 Å². The normalized spacial score (nSPS) is 10.4. The van der Waals surface area contributed by atoms with Crippen molar-refractivity contribution in [1.82, 2.24) is 4.98 Å². The first-order valence-electron chi connectivity index (χ1n) is 4.79. The van der Waals surface area contributed by atoms with E-state index in [1.54, 1.807) is 0 Å². The molecule has 0 aliphatic heterocycles. The van der Waals surface area contributed by atoms with Gasteiger partial charge < -0.3 is 0 Å². The summed E-state index contributed by atoms with van der Waals surface area (Å²) in [6.07, 6.45) is 1.94. The molecule has 0 atom stereocenters. The van der Waals surface area contributed by atoms with Crippen LogP contribution in [0.5, 0.6) is 0 Å². The maximum Gasteiger partial charge on any atom is 0.200 e. The van der Waals surface area contributed by atoms with Gasteiger partial charge in [-0.2, -0.15) is 0 Å². The molecule has 1 aromatic carbocycles. The number of benzene rings is 1. The summed E-state index contributed by atoms with van der Waals surface area (Å²) in [7, 11) is 0. The number of carbonyl (C=O) groups excluding carboxylic acids is 1. The van der Waals surface area contributed by atoms with Crippen LogP contribution in [-0.4, -0.2) is 10.8 Å². The van der Waals surface area contributed by atoms with Gasteiger partial charge in [0.1, 0.15) is 17.5 Å². The van der Waals surface area contributed by atoms with Gasteiger partial charge in [0, 0.05) is 16.2 Å². The van der Waals surface area contributed by atoms with E-state index in [0.717, 1.165) is 30.6 Å². The predicted molar refractivity (Wildman–Crippen MR) is 61.7 cm³/mol. The topological polar surface area (TPSA) is 30.0 Å². The van der Waals surface area contributed by atoms with Crippen LogP contribution in [-0.2, 0) is 0 Å². The lowest BCUT2D eigenvalue weighted by Crippen LogP contribution is -2.08. The summed E-state index contributed by atoms with van der Waals surface area (Å²) in [5.41, 5.74) is -0.944. The van der Waals surface area contributed by atoms with Gasteiger partial charge in [-0.1, -0.05) is 15.9 Å². The Hall–Kier alpha value is -1.69. The second-order valence-corrected chi connectivity index (χ2v) is 4.38. The maximum atomic E-state index is 13.5. The fourth-order valence-electron chi connectivity index (χ4n) is 1.44. The highest BCUT2D eigenvalue weighted by atomic mass is 79.9. The first-order valence-corrected chi connectivity index (χ1v) is 5.58. The molecule has 18 heavy (non-hydrogen) atoms. The lowest BCUT2D eigenvalue weighted by Gasteiger charge is -2.05. The van der Waals surface area contributed by atoms with Crippen molar-refractivity contribution < 1.29 is 18.0 Å². The van der Waals surface area contributed by atoms with Crippen LogP contribution < -0.4 is 0 Å². The van der Waals surface area contributed by atoms with Gasteiger partial charge in [0.25, 0.3) is 0 Å². The Morgan fingerprint density at radius 1 is 1.06 bits per heavy atom. The van der Waals surface area contributed by atoms with Gasteiger partial charge in [0.2, 0.25) is 5.78 Å². The molecule has 0 radical (unpaired) electrons. The minimum absolute atomic E-state index is 0.173. The molecule has 0 fully saturated rings. The van der Waals surface area contributed by atoms with Crippen LogP contribution in [0.2, 0.25) is 0 Å². The van der Waals surface area contributed by atoms with Crippen molar-refractivity contribution in [2.45, 2.75) is 0 Å². The highest BCUT2D eigenvalue weighted by Crippen LogP contribution is 2.22. The summed E-state index contributed by atoms with van der Waals surface area (Å²) in [5.74, 6) is -3.74. The van der Waals surface area contributed by atoms with E-state index in [4.69, 9.17) is 0 Å². The second kappa shape index (κ2) is 4.89. The van der Waals surface area contributed by atoms with Gasteiger partial charge in [-0.3, -0.25) is 9.78 Å². The molecule has 2 aromatic rings. The Kier molecular flexibility index (Phi) is 3.47. The van der Waals surface area contributed by atoms with E-state index in [9.17, 15) is 18.0 Å². The zero-order chi connectivity index (χ0) is 13.3. The highest BCUT2D eigenvalue weighted by Gasteiger charge is 2.20. The maximum absolute atomic E-state index is 13.5. The summed E-state index contributed by atoms with van der Waals surface area (Å²) < 4.78 is 40.2. The van der Waals surface area contributed by atoms with Gasteiger partial charge in [-0.15, -0.1) is 0 Å². The monoisotopic (exact) mass is 315 g/mol. The van der Waals surface area contributed by atoms with Crippen molar-refractivity contribution >= 4 is 21.7 Å². The molecule has 0 saturated carbocycles. The molecule has 0 aliphatic rings. The minimum atomic E-state index is -1.02. The average Bonchev–Trinajstić information content (AvgIpc) is 2.27. The molecule has 92 valence electrons. The first kappa shape index (κ1) is 12.8. The first-order chi connectivity index (χ1) is 8.49. The van der Waals surface area contributed by atoms with Gasteiger partial charge in [-0.25, -0.2) is 13.2 Å². The number of aromatic nitrogens is 1. The Morgan fingerprint density at radius 2 is 1.67 bits per heavy atom. The zero-order valence-electron chi connectivity index (χ0n) is 8.75. The van der Waals surface area contributed by atoms with E-state index in [1.807, 2.05) is 0 Å². The molecule has 2 nitrogen and oxygen atoms in total. The number of hydrogen-bond donors (Lipinski definition) is 0. The van der Waals surface area contributed by atoms with Crippen molar-refractivity contribution in [2.75, 3.05) is 0 Å². The van der Waals surface area contributed by atoms with Crippen LogP contribution in [0.25, 0.3) is 0 Å². The lowest BCUT2D eigenvalue weighted by atomic mass is 10.0. The molecule has 2 rings (SSSR count). The van der Waals surface area contributed by atoms with Gasteiger partial charge in [0.05, 0.1) is 11.8 Å². The smallest absolute Gasteiger partial charge is 0.200 e. The van der Waals surface area contributed by atoms with E-state index in [2.05, 4.69) is 20.9 Å². The number of pyridine rings is 1. The van der Waals surface area contributed by atoms with Crippen LogP contribution in [0.4, 0.5) is 13.2 Å². The molecule has 0 aliphatic carbocycles. The van der Waals surface area contributed by atoms with Gasteiger partial charge in [-0.05, 0) is 18.2 Å². The van der Waals surface area contributed by atoms with Crippen LogP contribution in [0.1, 0.15) is 15.9 Å². The molecule has 6 heteroatoms. The third-order valence-corrected chi connectivity index (χ3v) is 2.66. The Bertz CT molecular complexity index is 607. The van der Waals surface area contributed by atoms with Gasteiger partial charge >= 0.3 is 0 Å². The molecular formula is C12H5BrF3NO. The number of carbonyl (C=O) groups is 1. The van der Waals surface area contributed by atoms with Crippen molar-refractivity contribution in [3.8, 4) is 0 Å². The van der Waals surface area contributed by atoms with E-state index >= 15 is 0 Å². The molecular weight excluding hydrogens is 311 g/mol. The largest absolute Gasteiger partial charge is 0.288 e. The standard InChI is InChI=1S/C12H5BrF3NO/c13-7-2-9(15)11(10(16)3-7)12(18)6-1-8(14)5-17-4-6/h1-5H. The Morgan fingerprint density at radius 3 is 2.22 bits per heavy atom. The molecule has 0 saturated heterocycles. The third-order valence-electron chi connectivity index (χ3n) is 2.20. The van der Waals surface area contributed by atoms with Crippen LogP contribution >= 0.6 is 15.9 Å². The molecule has 0 unspecified atom stereocenters. The second-order valence-electron chi connectivity index (χ2n) is 3.47. The van der Waals surface area contributed by atoms with E-state index < -0.39 is 28.8 Å². The lowest BCUT2D eigenvalue weighted by molar-refractivity contribution is 0.103. The van der Waals surface area contributed by atoms with Crippen molar-refractivity contribution in [3.05, 3.63) is 63.6 Å². The zero-order valence-corrected chi connectivity index (χ0v) is 10.3. The number of nitrogens with zero attached hydrogens (tertiary/aromatic N) is 1. The number of rotatable bonds is 2. The summed E-state index contributed by atoms with van der Waals surface area (Å²) in [5, 5.41) is 0. The fourth-order valence-corrected chi connectivity index (χ4v) is 1.84. The summed E-state index contributed by atoms with van der Waals surface area (Å²) in [4.78, 5) is 15.3. The molecule has 0 spiro atoms. The predicted octanol–water partition coefficient (Wildman–Crippen LogP) is 3.49. The third kappa shape index (κ3) is 2.43. The van der Waals surface area contributed by atoms with Crippen molar-refractivity contribution in [1.29, 1.82) is 0 Å². The highest BCUT2D eigenvalue weighted by molar-refractivity contribution is 9.10. The Balaban J connectivity index is 2.53. The SMILES string of the molecule is O=C(c1cncc(F)c1)c1c(F)cc(Br)cc1F. The molecule has 0 bridgehead atoms. The Labute approximate surface area is 109 Å². The summed E-state index contributed by atoms with van der Waals surface area (Å²) >= 11 is 2.90. The van der Waals surface area contributed by atoms with E-state index in [0.29, 0.717) is 0 Å². The summed E-state index contributed by atoms with van der Waals surface area (Å²) in [6.45, 7) is 0. The van der Waals surface area contributed by atoms with E-state index in [-0.39, 0.29) is 10.0 Å². The average molecular weight is 316 g/mol. The minimum Gasteiger partial charge on any atom is -0.288 e. The number of hydrogen-bond acceptors (Lipinski definition) is 2. The molecule has 0 N–H and O–H groups in total. The van der Waals surface area contributed by atoms with Crippen molar-refractivity contribution in [2.24, 2.45) is 0 Å². The van der Waals surface area contributed by atoms with Crippen LogP contribution in [0, 0.1) is 17.5 Å². The van der Waals surface area contributed by atoms with Gasteiger partial charge in [0.15, 0.2) is 0 Å². The quantitative estimate of drug-likeness (QED) is 0.794. The van der Waals surface area contributed by atoms with E-state index in [1.165, 1.54) is 0 Å². The molecule has 1 heterocycles. The molecule has 0 amide bonds. The molecule has 1 aromatic heterocycles. The number of ketones is 1. The van der Waals surface area contributed by atoms with Crippen LogP contribution in [0.3, 0.4) is 0 Å². The number of halogens is 4.